The summed E-state index contributed by atoms with van der Waals surface area (Å²) in [6.07, 6.45) is 23.4. The highest BCUT2D eigenvalue weighted by atomic mass is 16.3. The van der Waals surface area contributed by atoms with Crippen LogP contribution in [0, 0.1) is 11.3 Å². The Labute approximate surface area is 164 Å². The first-order valence-corrected chi connectivity index (χ1v) is 11.9. The van der Waals surface area contributed by atoms with Gasteiger partial charge in [-0.2, -0.15) is 0 Å². The van der Waals surface area contributed by atoms with Gasteiger partial charge in [0.1, 0.15) is 0 Å². The van der Waals surface area contributed by atoms with E-state index in [1.165, 1.54) is 103 Å². The van der Waals surface area contributed by atoms with Crippen LogP contribution in [-0.4, -0.2) is 22.9 Å². The van der Waals surface area contributed by atoms with Gasteiger partial charge in [0.05, 0.1) is 12.7 Å². The monoisotopic (exact) mass is 368 g/mol. The van der Waals surface area contributed by atoms with Crippen LogP contribution >= 0.6 is 0 Å². The Morgan fingerprint density at radius 2 is 0.846 bits per heavy atom. The summed E-state index contributed by atoms with van der Waals surface area (Å²) < 4.78 is 0. The van der Waals surface area contributed by atoms with Gasteiger partial charge in [0.15, 0.2) is 0 Å². The van der Waals surface area contributed by atoms with E-state index in [0.717, 1.165) is 12.8 Å². The smallest absolute Gasteiger partial charge is 0.0829 e. The maximum atomic E-state index is 10.6. The van der Waals surface area contributed by atoms with E-state index < -0.39 is 6.10 Å². The van der Waals surface area contributed by atoms with Crippen molar-refractivity contribution in [3.63, 3.8) is 0 Å². The molecule has 1 rings (SSSR count). The fourth-order valence-electron chi connectivity index (χ4n) is 4.99. The third-order valence-electron chi connectivity index (χ3n) is 7.02. The molecule has 1 saturated carbocycles. The molecule has 0 aromatic rings. The molecular weight excluding hydrogens is 320 g/mol. The molecule has 1 fully saturated rings. The Morgan fingerprint density at radius 1 is 0.577 bits per heavy atom. The number of aliphatic hydroxyl groups excluding tert-OH is 2. The van der Waals surface area contributed by atoms with Gasteiger partial charge in [0.25, 0.3) is 0 Å². The molecule has 0 aromatic carbocycles. The van der Waals surface area contributed by atoms with Gasteiger partial charge in [0.2, 0.25) is 0 Å². The first kappa shape index (κ1) is 24.0. The van der Waals surface area contributed by atoms with E-state index >= 15 is 0 Å². The predicted molar refractivity (Wildman–Crippen MR) is 113 cm³/mol. The summed E-state index contributed by atoms with van der Waals surface area (Å²) in [4.78, 5) is 0. The van der Waals surface area contributed by atoms with Gasteiger partial charge in [-0.15, -0.1) is 0 Å². The Morgan fingerprint density at radius 3 is 1.08 bits per heavy atom. The van der Waals surface area contributed by atoms with Crippen LogP contribution in [0.2, 0.25) is 0 Å². The van der Waals surface area contributed by atoms with Gasteiger partial charge in [0, 0.05) is 5.41 Å². The molecule has 0 radical (unpaired) electrons. The molecule has 1 aliphatic rings. The van der Waals surface area contributed by atoms with Crippen molar-refractivity contribution in [2.45, 2.75) is 136 Å². The molecule has 0 aliphatic heterocycles. The van der Waals surface area contributed by atoms with Crippen LogP contribution in [0.25, 0.3) is 0 Å². The minimum Gasteiger partial charge on any atom is -0.394 e. The molecule has 2 N–H and O–H groups in total. The molecule has 26 heavy (non-hydrogen) atoms. The Hall–Kier alpha value is -0.0800. The third kappa shape index (κ3) is 9.22. The topological polar surface area (TPSA) is 40.5 Å². The second kappa shape index (κ2) is 14.9. The molecule has 0 saturated heterocycles. The summed E-state index contributed by atoms with van der Waals surface area (Å²) in [6, 6.07) is 0. The third-order valence-corrected chi connectivity index (χ3v) is 7.02. The molecule has 0 aromatic heterocycles. The highest BCUT2D eigenvalue weighted by molar-refractivity contribution is 4.89. The zero-order valence-corrected chi connectivity index (χ0v) is 18.0. The molecule has 0 amide bonds. The van der Waals surface area contributed by atoms with Crippen LogP contribution < -0.4 is 0 Å². The van der Waals surface area contributed by atoms with Gasteiger partial charge >= 0.3 is 0 Å². The van der Waals surface area contributed by atoms with E-state index in [-0.39, 0.29) is 12.0 Å². The maximum absolute atomic E-state index is 10.6. The quantitative estimate of drug-likeness (QED) is 0.562. The number of aliphatic hydroxyl groups is 2. The SMILES string of the molecule is CC(C)C1([C@H](O)CO)CCCCCCCCCCCCCCCCCC1. The first-order valence-electron chi connectivity index (χ1n) is 11.9. The summed E-state index contributed by atoms with van der Waals surface area (Å²) in [6.45, 7) is 4.40. The fourth-order valence-corrected chi connectivity index (χ4v) is 4.99. The summed E-state index contributed by atoms with van der Waals surface area (Å²) in [5, 5.41) is 20.3. The number of rotatable bonds is 3. The van der Waals surface area contributed by atoms with Crippen molar-refractivity contribution in [2.75, 3.05) is 6.61 Å². The van der Waals surface area contributed by atoms with Crippen molar-refractivity contribution in [3.05, 3.63) is 0 Å². The molecule has 156 valence electrons. The van der Waals surface area contributed by atoms with E-state index in [4.69, 9.17) is 0 Å². The zero-order valence-electron chi connectivity index (χ0n) is 18.0. The summed E-state index contributed by atoms with van der Waals surface area (Å²) >= 11 is 0. The highest BCUT2D eigenvalue weighted by Gasteiger charge is 2.39. The van der Waals surface area contributed by atoms with E-state index in [0.29, 0.717) is 5.92 Å². The first-order chi connectivity index (χ1) is 12.6. The molecule has 2 heteroatoms. The molecule has 1 atom stereocenters. The van der Waals surface area contributed by atoms with Crippen molar-refractivity contribution in [2.24, 2.45) is 11.3 Å². The highest BCUT2D eigenvalue weighted by Crippen LogP contribution is 2.42. The minimum absolute atomic E-state index is 0.0851. The van der Waals surface area contributed by atoms with Crippen molar-refractivity contribution in [1.82, 2.24) is 0 Å². The number of hydrogen-bond acceptors (Lipinski definition) is 2. The van der Waals surface area contributed by atoms with Gasteiger partial charge in [-0.25, -0.2) is 0 Å². The van der Waals surface area contributed by atoms with Crippen LogP contribution in [0.3, 0.4) is 0 Å². The van der Waals surface area contributed by atoms with E-state index in [2.05, 4.69) is 13.8 Å². The van der Waals surface area contributed by atoms with Crippen LogP contribution in [0.1, 0.15) is 129 Å². The lowest BCUT2D eigenvalue weighted by molar-refractivity contribution is -0.0569. The molecule has 0 heterocycles. The molecule has 0 spiro atoms. The average molecular weight is 369 g/mol. The Bertz CT molecular complexity index is 293. The van der Waals surface area contributed by atoms with Crippen molar-refractivity contribution >= 4 is 0 Å². The van der Waals surface area contributed by atoms with Crippen LogP contribution in [0.5, 0.6) is 0 Å². The lowest BCUT2D eigenvalue weighted by Gasteiger charge is -2.42. The van der Waals surface area contributed by atoms with Crippen molar-refractivity contribution in [1.29, 1.82) is 0 Å². The minimum atomic E-state index is -0.559. The van der Waals surface area contributed by atoms with E-state index in [1.807, 2.05) is 0 Å². The molecule has 1 aliphatic carbocycles. The predicted octanol–water partition coefficient (Wildman–Crippen LogP) is 7.02. The van der Waals surface area contributed by atoms with Gasteiger partial charge < -0.3 is 10.2 Å². The molecule has 0 unspecified atom stereocenters. The Balaban J connectivity index is 2.56. The second-order valence-corrected chi connectivity index (χ2v) is 9.24. The molecular formula is C24H48O2. The van der Waals surface area contributed by atoms with Gasteiger partial charge in [-0.3, -0.25) is 0 Å². The summed E-state index contributed by atoms with van der Waals surface area (Å²) in [5.74, 6) is 0.429. The standard InChI is InChI=1S/C24H48O2/c1-22(2)24(23(26)21-25)19-17-15-13-11-9-7-5-3-4-6-8-10-12-14-16-18-20-24/h22-23,25-26H,3-21H2,1-2H3/t23-/m1/s1. The van der Waals surface area contributed by atoms with Crippen molar-refractivity contribution in [3.8, 4) is 0 Å². The van der Waals surface area contributed by atoms with Gasteiger partial charge in [-0.05, 0) is 18.8 Å². The normalized spacial score (nSPS) is 24.3. The maximum Gasteiger partial charge on any atom is 0.0829 e. The summed E-state index contributed by atoms with van der Waals surface area (Å²) in [7, 11) is 0. The number of hydrogen-bond donors (Lipinski definition) is 2. The second-order valence-electron chi connectivity index (χ2n) is 9.24. The Kier molecular flexibility index (Phi) is 13.7. The molecule has 2 nitrogen and oxygen atoms in total. The van der Waals surface area contributed by atoms with Crippen molar-refractivity contribution < 1.29 is 10.2 Å². The van der Waals surface area contributed by atoms with Crippen LogP contribution in [0.15, 0.2) is 0 Å². The lowest BCUT2D eigenvalue weighted by Crippen LogP contribution is -2.42. The average Bonchev–Trinajstić information content (AvgIpc) is 2.63. The van der Waals surface area contributed by atoms with Crippen LogP contribution in [-0.2, 0) is 0 Å². The summed E-state index contributed by atoms with van der Waals surface area (Å²) in [5.41, 5.74) is -0.0856. The molecule has 0 bridgehead atoms. The fraction of sp³-hybridized carbons (Fsp3) is 1.00. The lowest BCUT2D eigenvalue weighted by atomic mass is 9.66. The van der Waals surface area contributed by atoms with E-state index in [9.17, 15) is 10.2 Å². The van der Waals surface area contributed by atoms with E-state index in [1.54, 1.807) is 0 Å². The van der Waals surface area contributed by atoms with Gasteiger partial charge in [-0.1, -0.05) is 117 Å². The van der Waals surface area contributed by atoms with Crippen LogP contribution in [0.4, 0.5) is 0 Å². The largest absolute Gasteiger partial charge is 0.394 e. The zero-order chi connectivity index (χ0) is 19.1.